The first-order chi connectivity index (χ1) is 7.72. The van der Waals surface area contributed by atoms with E-state index in [4.69, 9.17) is 0 Å². The highest BCUT2D eigenvalue weighted by Gasteiger charge is 2.04. The highest BCUT2D eigenvalue weighted by Crippen LogP contribution is 2.20. The van der Waals surface area contributed by atoms with E-state index in [1.54, 1.807) is 0 Å². The van der Waals surface area contributed by atoms with Crippen molar-refractivity contribution in [1.29, 1.82) is 0 Å². The fourth-order valence-corrected chi connectivity index (χ4v) is 1.86. The molecule has 0 aliphatic heterocycles. The zero-order chi connectivity index (χ0) is 11.5. The van der Waals surface area contributed by atoms with Gasteiger partial charge >= 0.3 is 0 Å². The number of hydrazone groups is 1. The molecular weight excluding hydrogens is 196 g/mol. The first-order valence-corrected chi connectivity index (χ1v) is 5.46. The fraction of sp³-hybridized carbons (Fsp3) is 0.214. The minimum Gasteiger partial charge on any atom is -0.202 e. The van der Waals surface area contributed by atoms with Crippen LogP contribution in [-0.2, 0) is 0 Å². The number of benzene rings is 2. The van der Waals surface area contributed by atoms with Crippen molar-refractivity contribution in [3.8, 4) is 0 Å². The molecule has 2 heteroatoms. The third-order valence-electron chi connectivity index (χ3n) is 2.93. The van der Waals surface area contributed by atoms with Crippen LogP contribution in [0.3, 0.4) is 0 Å². The predicted octanol–water partition coefficient (Wildman–Crippen LogP) is 2.34. The first-order valence-electron chi connectivity index (χ1n) is 5.46. The van der Waals surface area contributed by atoms with E-state index in [-0.39, 0.29) is 0 Å². The number of hydrogen-bond acceptors (Lipinski definition) is 1. The molecule has 2 aromatic rings. The van der Waals surface area contributed by atoms with E-state index in [9.17, 15) is 0 Å². The molecule has 82 valence electrons. The molecule has 2 aromatic carbocycles. The van der Waals surface area contributed by atoms with E-state index in [1.165, 1.54) is 21.9 Å². The minimum absolute atomic E-state index is 1.25. The summed E-state index contributed by atoms with van der Waals surface area (Å²) in [5, 5.41) is 2.62. The predicted molar refractivity (Wildman–Crippen MR) is 69.1 cm³/mol. The molecule has 0 heterocycles. The lowest BCUT2D eigenvalue weighted by molar-refractivity contribution is -0.550. The monoisotopic (exact) mass is 213 g/mol. The Morgan fingerprint density at radius 3 is 2.62 bits per heavy atom. The summed E-state index contributed by atoms with van der Waals surface area (Å²) in [6.45, 7) is 2.16. The molecule has 0 saturated carbocycles. The van der Waals surface area contributed by atoms with Gasteiger partial charge in [-0.15, -0.1) is 4.68 Å². The molecule has 0 aromatic heterocycles. The molecule has 2 nitrogen and oxygen atoms in total. The van der Waals surface area contributed by atoms with Crippen LogP contribution < -0.4 is 5.43 Å². The molecule has 0 atom stereocenters. The fourth-order valence-electron chi connectivity index (χ4n) is 1.86. The lowest BCUT2D eigenvalue weighted by Crippen LogP contribution is -2.21. The average molecular weight is 213 g/mol. The Balaban J connectivity index is 2.61. The van der Waals surface area contributed by atoms with Crippen molar-refractivity contribution in [2.24, 2.45) is 0 Å². The second-order valence-corrected chi connectivity index (χ2v) is 3.96. The van der Waals surface area contributed by atoms with Gasteiger partial charge in [0.2, 0.25) is 6.21 Å². The third kappa shape index (κ3) is 1.91. The SMILES string of the molecule is CN/[N+](C)=C/c1ccc2ccccc2c1C. The molecule has 0 fully saturated rings. The zero-order valence-corrected chi connectivity index (χ0v) is 9.99. The van der Waals surface area contributed by atoms with Crippen molar-refractivity contribution in [3.05, 3.63) is 47.5 Å². The topological polar surface area (TPSA) is 15.0 Å². The molecule has 0 unspecified atom stereocenters. The van der Waals surface area contributed by atoms with Crippen molar-refractivity contribution in [3.63, 3.8) is 0 Å². The van der Waals surface area contributed by atoms with Gasteiger partial charge in [-0.3, -0.25) is 0 Å². The maximum absolute atomic E-state index is 3.07. The van der Waals surface area contributed by atoms with Crippen LogP contribution >= 0.6 is 0 Å². The van der Waals surface area contributed by atoms with E-state index < -0.39 is 0 Å². The zero-order valence-electron chi connectivity index (χ0n) is 9.99. The van der Waals surface area contributed by atoms with E-state index in [1.807, 2.05) is 18.8 Å². The highest BCUT2D eigenvalue weighted by molar-refractivity contribution is 5.92. The summed E-state index contributed by atoms with van der Waals surface area (Å²) in [5.41, 5.74) is 5.63. The average Bonchev–Trinajstić information content (AvgIpc) is 2.33. The summed E-state index contributed by atoms with van der Waals surface area (Å²) >= 11 is 0. The summed E-state index contributed by atoms with van der Waals surface area (Å²) in [5.74, 6) is 0. The van der Waals surface area contributed by atoms with Gasteiger partial charge in [0.1, 0.15) is 0 Å². The summed E-state index contributed by atoms with van der Waals surface area (Å²) in [4.78, 5) is 0. The molecule has 16 heavy (non-hydrogen) atoms. The molecule has 1 N–H and O–H groups in total. The summed E-state index contributed by atoms with van der Waals surface area (Å²) in [7, 11) is 3.90. The van der Waals surface area contributed by atoms with Gasteiger partial charge in [0.15, 0.2) is 7.05 Å². The molecular formula is C14H17N2+. The van der Waals surface area contributed by atoms with Gasteiger partial charge in [0, 0.05) is 5.56 Å². The van der Waals surface area contributed by atoms with Crippen LogP contribution in [0.1, 0.15) is 11.1 Å². The summed E-state index contributed by atoms with van der Waals surface area (Å²) < 4.78 is 1.96. The maximum Gasteiger partial charge on any atom is 0.200 e. The standard InChI is InChI=1S/C14H17N2/c1-11-13(10-16(3)15-2)9-8-12-6-4-5-7-14(11)12/h4-10,15H,1-3H3/q+1/b16-10+. The summed E-state index contributed by atoms with van der Waals surface area (Å²) in [6.07, 6.45) is 2.10. The van der Waals surface area contributed by atoms with E-state index in [2.05, 4.69) is 55.0 Å². The molecule has 0 saturated heterocycles. The molecule has 0 bridgehead atoms. The van der Waals surface area contributed by atoms with Crippen LogP contribution in [0.15, 0.2) is 36.4 Å². The number of nitrogens with one attached hydrogen (secondary N) is 1. The van der Waals surface area contributed by atoms with Gasteiger partial charge in [-0.2, -0.15) is 0 Å². The molecule has 0 spiro atoms. The normalized spacial score (nSPS) is 11.8. The van der Waals surface area contributed by atoms with E-state index in [0.29, 0.717) is 0 Å². The maximum atomic E-state index is 3.07. The number of fused-ring (bicyclic) bond motifs is 1. The van der Waals surface area contributed by atoms with E-state index >= 15 is 0 Å². The van der Waals surface area contributed by atoms with Gasteiger partial charge in [-0.05, 0) is 29.3 Å². The van der Waals surface area contributed by atoms with Gasteiger partial charge in [-0.1, -0.05) is 30.3 Å². The van der Waals surface area contributed by atoms with Crippen molar-refractivity contribution in [2.75, 3.05) is 14.1 Å². The number of hydrazine groups is 1. The van der Waals surface area contributed by atoms with Crippen molar-refractivity contribution in [2.45, 2.75) is 6.92 Å². The van der Waals surface area contributed by atoms with Crippen LogP contribution in [-0.4, -0.2) is 25.0 Å². The molecule has 0 aliphatic carbocycles. The number of nitrogens with zero attached hydrogens (tertiary/aromatic N) is 1. The smallest absolute Gasteiger partial charge is 0.200 e. The van der Waals surface area contributed by atoms with Crippen LogP contribution in [0.5, 0.6) is 0 Å². The van der Waals surface area contributed by atoms with Crippen LogP contribution in [0.2, 0.25) is 0 Å². The molecule has 0 radical (unpaired) electrons. The minimum atomic E-state index is 1.25. The van der Waals surface area contributed by atoms with Crippen LogP contribution in [0, 0.1) is 6.92 Å². The Morgan fingerprint density at radius 1 is 1.12 bits per heavy atom. The molecule has 0 aliphatic rings. The number of hydrogen-bond donors (Lipinski definition) is 1. The summed E-state index contributed by atoms with van der Waals surface area (Å²) in [6, 6.07) is 12.8. The second kappa shape index (κ2) is 4.35. The number of aryl methyl sites for hydroxylation is 1. The van der Waals surface area contributed by atoms with Gasteiger partial charge < -0.3 is 0 Å². The largest absolute Gasteiger partial charge is 0.202 e. The van der Waals surface area contributed by atoms with Crippen molar-refractivity contribution in [1.82, 2.24) is 5.43 Å². The lowest BCUT2D eigenvalue weighted by Gasteiger charge is -2.04. The Morgan fingerprint density at radius 2 is 1.88 bits per heavy atom. The van der Waals surface area contributed by atoms with Gasteiger partial charge in [0.25, 0.3) is 0 Å². The Kier molecular flexibility index (Phi) is 2.91. The van der Waals surface area contributed by atoms with Crippen molar-refractivity contribution >= 4 is 17.0 Å². The van der Waals surface area contributed by atoms with Crippen LogP contribution in [0.25, 0.3) is 10.8 Å². The van der Waals surface area contributed by atoms with Gasteiger partial charge in [0.05, 0.1) is 7.05 Å². The van der Waals surface area contributed by atoms with Crippen molar-refractivity contribution < 1.29 is 4.68 Å². The molecule has 2 rings (SSSR count). The first kappa shape index (κ1) is 10.7. The molecule has 0 amide bonds. The Bertz CT molecular complexity index is 541. The quantitative estimate of drug-likeness (QED) is 0.460. The van der Waals surface area contributed by atoms with Crippen LogP contribution in [0.4, 0.5) is 0 Å². The van der Waals surface area contributed by atoms with Gasteiger partial charge in [-0.25, -0.2) is 5.43 Å². The third-order valence-corrected chi connectivity index (χ3v) is 2.93. The Labute approximate surface area is 96.2 Å². The van der Waals surface area contributed by atoms with E-state index in [0.717, 1.165) is 0 Å². The second-order valence-electron chi connectivity index (χ2n) is 3.96. The lowest BCUT2D eigenvalue weighted by atomic mass is 10.0. The number of rotatable bonds is 2. The Hall–Kier alpha value is -1.83. The highest BCUT2D eigenvalue weighted by atomic mass is 15.4.